The first-order valence-electron chi connectivity index (χ1n) is 5.00. The third kappa shape index (κ3) is 3.37. The van der Waals surface area contributed by atoms with Crippen LogP contribution in [0.15, 0.2) is 24.3 Å². The highest BCUT2D eigenvalue weighted by Crippen LogP contribution is 2.10. The van der Waals surface area contributed by atoms with E-state index in [1.54, 1.807) is 24.3 Å². The third-order valence-electron chi connectivity index (χ3n) is 2.50. The quantitative estimate of drug-likeness (QED) is 0.869. The van der Waals surface area contributed by atoms with Gasteiger partial charge in [-0.15, -0.1) is 12.4 Å². The molecule has 2 rings (SSSR count). The topological polar surface area (TPSA) is 41.1 Å². The fourth-order valence-corrected chi connectivity index (χ4v) is 1.65. The predicted octanol–water partition coefficient (Wildman–Crippen LogP) is 1.71. The van der Waals surface area contributed by atoms with Crippen LogP contribution in [-0.4, -0.2) is 25.5 Å². The molecule has 88 valence electrons. The molecule has 1 aliphatic heterocycles. The average molecular weight is 261 g/mol. The lowest BCUT2D eigenvalue weighted by Gasteiger charge is -2.27. The van der Waals surface area contributed by atoms with Crippen LogP contribution in [0.3, 0.4) is 0 Å². The van der Waals surface area contributed by atoms with Gasteiger partial charge in [-0.3, -0.25) is 4.79 Å². The van der Waals surface area contributed by atoms with Crippen LogP contribution in [0, 0.1) is 5.92 Å². The van der Waals surface area contributed by atoms with E-state index in [0.717, 1.165) is 19.6 Å². The van der Waals surface area contributed by atoms with Crippen LogP contribution in [-0.2, 0) is 0 Å². The van der Waals surface area contributed by atoms with Crippen molar-refractivity contribution in [3.8, 4) is 0 Å². The zero-order valence-electron chi connectivity index (χ0n) is 8.70. The Balaban J connectivity index is 0.00000128. The van der Waals surface area contributed by atoms with Gasteiger partial charge < -0.3 is 10.6 Å². The van der Waals surface area contributed by atoms with Gasteiger partial charge in [-0.1, -0.05) is 17.7 Å². The molecule has 1 aliphatic rings. The Morgan fingerprint density at radius 3 is 2.81 bits per heavy atom. The number of rotatable bonds is 3. The summed E-state index contributed by atoms with van der Waals surface area (Å²) in [7, 11) is 0. The standard InChI is InChI=1S/C11H13ClN2O.ClH/c12-10-3-1-2-9(4-10)11(15)14-7-8-5-13-6-8;/h1-4,8,13H,5-7H2,(H,14,15);1H. The molecule has 1 aromatic rings. The summed E-state index contributed by atoms with van der Waals surface area (Å²) in [5.41, 5.74) is 0.620. The summed E-state index contributed by atoms with van der Waals surface area (Å²) >= 11 is 5.80. The number of carbonyl (C=O) groups excluding carboxylic acids is 1. The fraction of sp³-hybridized carbons (Fsp3) is 0.364. The molecular weight excluding hydrogens is 247 g/mol. The van der Waals surface area contributed by atoms with E-state index in [2.05, 4.69) is 10.6 Å². The molecule has 0 bridgehead atoms. The number of hydrogen-bond acceptors (Lipinski definition) is 2. The van der Waals surface area contributed by atoms with Crippen molar-refractivity contribution >= 4 is 29.9 Å². The molecule has 0 aromatic heterocycles. The summed E-state index contributed by atoms with van der Waals surface area (Å²) in [5, 5.41) is 6.64. The first-order valence-corrected chi connectivity index (χ1v) is 5.38. The summed E-state index contributed by atoms with van der Waals surface area (Å²) in [6.45, 7) is 2.73. The van der Waals surface area contributed by atoms with Crippen molar-refractivity contribution in [2.45, 2.75) is 0 Å². The van der Waals surface area contributed by atoms with Crippen LogP contribution < -0.4 is 10.6 Å². The first-order chi connectivity index (χ1) is 7.25. The zero-order chi connectivity index (χ0) is 10.7. The second-order valence-electron chi connectivity index (χ2n) is 3.74. The highest BCUT2D eigenvalue weighted by molar-refractivity contribution is 6.30. The minimum Gasteiger partial charge on any atom is -0.352 e. The van der Waals surface area contributed by atoms with E-state index >= 15 is 0 Å². The van der Waals surface area contributed by atoms with Crippen molar-refractivity contribution in [2.24, 2.45) is 5.92 Å². The molecule has 2 N–H and O–H groups in total. The maximum atomic E-state index is 11.7. The van der Waals surface area contributed by atoms with Crippen LogP contribution in [0.5, 0.6) is 0 Å². The molecule has 0 radical (unpaired) electrons. The summed E-state index contributed by atoms with van der Waals surface area (Å²) < 4.78 is 0. The van der Waals surface area contributed by atoms with E-state index in [9.17, 15) is 4.79 Å². The number of amides is 1. The number of carbonyl (C=O) groups is 1. The smallest absolute Gasteiger partial charge is 0.251 e. The minimum absolute atomic E-state index is 0. The second kappa shape index (κ2) is 6.09. The van der Waals surface area contributed by atoms with E-state index < -0.39 is 0 Å². The predicted molar refractivity (Wildman–Crippen MR) is 67.4 cm³/mol. The maximum Gasteiger partial charge on any atom is 0.251 e. The second-order valence-corrected chi connectivity index (χ2v) is 4.18. The molecule has 5 heteroatoms. The molecule has 0 spiro atoms. The van der Waals surface area contributed by atoms with Gasteiger partial charge in [-0.05, 0) is 18.2 Å². The minimum atomic E-state index is -0.0515. The lowest BCUT2D eigenvalue weighted by atomic mass is 10.0. The average Bonchev–Trinajstić information content (AvgIpc) is 2.15. The molecule has 1 amide bonds. The molecule has 16 heavy (non-hydrogen) atoms. The molecule has 3 nitrogen and oxygen atoms in total. The molecular formula is C11H14Cl2N2O. The van der Waals surface area contributed by atoms with E-state index in [4.69, 9.17) is 11.6 Å². The molecule has 1 fully saturated rings. The molecule has 0 aliphatic carbocycles. The van der Waals surface area contributed by atoms with Crippen LogP contribution in [0.1, 0.15) is 10.4 Å². The van der Waals surface area contributed by atoms with Gasteiger partial charge in [0.05, 0.1) is 0 Å². The first kappa shape index (κ1) is 13.3. The fourth-order valence-electron chi connectivity index (χ4n) is 1.46. The van der Waals surface area contributed by atoms with Crippen molar-refractivity contribution in [2.75, 3.05) is 19.6 Å². The maximum absolute atomic E-state index is 11.7. The van der Waals surface area contributed by atoms with Gasteiger partial charge in [-0.25, -0.2) is 0 Å². The Morgan fingerprint density at radius 1 is 1.50 bits per heavy atom. The Hall–Kier alpha value is -0.770. The Bertz CT molecular complexity index is 367. The molecule has 0 atom stereocenters. The van der Waals surface area contributed by atoms with Crippen molar-refractivity contribution < 1.29 is 4.79 Å². The Morgan fingerprint density at radius 2 is 2.25 bits per heavy atom. The largest absolute Gasteiger partial charge is 0.352 e. The lowest BCUT2D eigenvalue weighted by molar-refractivity contribution is 0.0942. The highest BCUT2D eigenvalue weighted by Gasteiger charge is 2.17. The highest BCUT2D eigenvalue weighted by atomic mass is 35.5. The number of benzene rings is 1. The summed E-state index contributed by atoms with van der Waals surface area (Å²) in [6, 6.07) is 6.98. The van der Waals surface area contributed by atoms with Gasteiger partial charge in [0.25, 0.3) is 5.91 Å². The van der Waals surface area contributed by atoms with Gasteiger partial charge in [0.1, 0.15) is 0 Å². The molecule has 1 aromatic carbocycles. The number of nitrogens with one attached hydrogen (secondary N) is 2. The molecule has 0 unspecified atom stereocenters. The van der Waals surface area contributed by atoms with E-state index in [0.29, 0.717) is 16.5 Å². The van der Waals surface area contributed by atoms with Crippen LogP contribution in [0.4, 0.5) is 0 Å². The molecule has 0 saturated carbocycles. The van der Waals surface area contributed by atoms with Crippen molar-refractivity contribution in [3.63, 3.8) is 0 Å². The van der Waals surface area contributed by atoms with E-state index in [-0.39, 0.29) is 18.3 Å². The molecule has 1 saturated heterocycles. The van der Waals surface area contributed by atoms with Gasteiger partial charge in [0.15, 0.2) is 0 Å². The SMILES string of the molecule is Cl.O=C(NCC1CNC1)c1cccc(Cl)c1. The Labute approximate surface area is 106 Å². The van der Waals surface area contributed by atoms with Crippen molar-refractivity contribution in [1.29, 1.82) is 0 Å². The van der Waals surface area contributed by atoms with Gasteiger partial charge in [0.2, 0.25) is 0 Å². The van der Waals surface area contributed by atoms with Crippen molar-refractivity contribution in [1.82, 2.24) is 10.6 Å². The Kier molecular flexibility index (Phi) is 5.06. The normalized spacial score (nSPS) is 14.8. The summed E-state index contributed by atoms with van der Waals surface area (Å²) in [4.78, 5) is 11.7. The third-order valence-corrected chi connectivity index (χ3v) is 2.74. The monoisotopic (exact) mass is 260 g/mol. The number of hydrogen-bond donors (Lipinski definition) is 2. The van der Waals surface area contributed by atoms with Crippen LogP contribution >= 0.6 is 24.0 Å². The van der Waals surface area contributed by atoms with Crippen LogP contribution in [0.2, 0.25) is 5.02 Å². The number of halogens is 2. The zero-order valence-corrected chi connectivity index (χ0v) is 10.3. The molecule has 1 heterocycles. The van der Waals surface area contributed by atoms with Crippen molar-refractivity contribution in [3.05, 3.63) is 34.9 Å². The van der Waals surface area contributed by atoms with Gasteiger partial charge >= 0.3 is 0 Å². The lowest BCUT2D eigenvalue weighted by Crippen LogP contribution is -2.48. The summed E-state index contributed by atoms with van der Waals surface area (Å²) in [6.07, 6.45) is 0. The van der Waals surface area contributed by atoms with Crippen LogP contribution in [0.25, 0.3) is 0 Å². The van der Waals surface area contributed by atoms with E-state index in [1.807, 2.05) is 0 Å². The summed E-state index contributed by atoms with van der Waals surface area (Å²) in [5.74, 6) is 0.525. The van der Waals surface area contributed by atoms with E-state index in [1.165, 1.54) is 0 Å². The van der Waals surface area contributed by atoms with Gasteiger partial charge in [-0.2, -0.15) is 0 Å². The van der Waals surface area contributed by atoms with Gasteiger partial charge in [0, 0.05) is 36.1 Å².